The Hall–Kier alpha value is -8.39. The van der Waals surface area contributed by atoms with Crippen molar-refractivity contribution in [3.8, 4) is 11.5 Å². The lowest BCUT2D eigenvalue weighted by Gasteiger charge is -2.58. The van der Waals surface area contributed by atoms with Crippen LogP contribution in [0.25, 0.3) is 0 Å². The first-order valence-corrected chi connectivity index (χ1v) is 37.3. The number of hydrogen-bond acceptors (Lipinski definition) is 13. The van der Waals surface area contributed by atoms with Gasteiger partial charge in [-0.1, -0.05) is 163 Å². The summed E-state index contributed by atoms with van der Waals surface area (Å²) in [7, 11) is 3.08. The van der Waals surface area contributed by atoms with Gasteiger partial charge >= 0.3 is 6.16 Å². The van der Waals surface area contributed by atoms with Gasteiger partial charge in [0, 0.05) is 55.9 Å². The summed E-state index contributed by atoms with van der Waals surface area (Å²) in [6, 6.07) is 45.4. The van der Waals surface area contributed by atoms with Gasteiger partial charge in [0.25, 0.3) is 0 Å². The van der Waals surface area contributed by atoms with E-state index < -0.39 is 41.5 Å². The predicted molar refractivity (Wildman–Crippen MR) is 400 cm³/mol. The number of quaternary nitrogens is 1. The third-order valence-corrected chi connectivity index (χ3v) is 22.9. The third kappa shape index (κ3) is 19.5. The standard InChI is InChI=1S/C84H108N7O11/c1-57(2)18-16-19-58(3)72-43-44-73-71-42-31-64-55-70(47-49-82(64,4)74(71)48-50-83(72,73)5)100-53-17-51-85-77(92)45-46-78(93)88-76(54-59-25-34-66(90-97)35-26-59)80(95)89-75(79(94)87-65-32-27-60(28-33-65)56-101-81(96)102-69-40-36-67(37-41-69)91(6)98)24-14-15-52-86-84(61-20-10-8-11-21-61,62-22-12-9-13-23-62)63-29-38-68(99-7)39-30-63/h8-13,20-23,25-41,57-58,70-76,86,90-91H,14-19,24,42-56H2,1-7H3,(H,85,92)(H,87,94)(H,88,93)(H,89,95)/q-1/t58-,70+,71+,72-,73+,74+,75+,76+,82+,83-/m1/s1. The van der Waals surface area contributed by atoms with Crippen LogP contribution < -0.4 is 46.6 Å². The van der Waals surface area contributed by atoms with E-state index in [0.29, 0.717) is 72.6 Å². The predicted octanol–water partition coefficient (Wildman–Crippen LogP) is 14.6. The van der Waals surface area contributed by atoms with E-state index in [0.717, 1.165) is 77.2 Å². The van der Waals surface area contributed by atoms with E-state index in [-0.39, 0.29) is 60.5 Å². The first kappa shape index (κ1) is 76.3. The molecule has 102 heavy (non-hydrogen) atoms. The van der Waals surface area contributed by atoms with Crippen LogP contribution in [0.4, 0.5) is 21.9 Å². The topological polar surface area (TPSA) is 245 Å². The maximum Gasteiger partial charge on any atom is 0.514 e. The molecule has 4 aliphatic rings. The van der Waals surface area contributed by atoms with Crippen LogP contribution in [0.15, 0.2) is 169 Å². The number of carbonyl (C=O) groups excluding carboxylic acids is 5. The van der Waals surface area contributed by atoms with E-state index in [1.165, 1.54) is 70.5 Å². The van der Waals surface area contributed by atoms with Crippen LogP contribution in [-0.2, 0) is 47.2 Å². The third-order valence-electron chi connectivity index (χ3n) is 22.9. The van der Waals surface area contributed by atoms with Crippen LogP contribution in [0.2, 0.25) is 0 Å². The van der Waals surface area contributed by atoms with E-state index in [4.69, 9.17) is 18.9 Å². The van der Waals surface area contributed by atoms with E-state index >= 15 is 0 Å². The molecule has 0 spiro atoms. The van der Waals surface area contributed by atoms with Crippen molar-refractivity contribution in [2.75, 3.05) is 44.7 Å². The molecule has 4 amide bonds. The van der Waals surface area contributed by atoms with Gasteiger partial charge in [0.15, 0.2) is 0 Å². The quantitative estimate of drug-likeness (QED) is 0.00489. The average Bonchev–Trinajstić information content (AvgIpc) is 1.24. The number of hydrogen-bond donors (Lipinski definition) is 7. The summed E-state index contributed by atoms with van der Waals surface area (Å²) in [4.78, 5) is 69.3. The minimum absolute atomic E-state index is 0.00795. The summed E-state index contributed by atoms with van der Waals surface area (Å²) in [5, 5.41) is 38.8. The zero-order valence-electron chi connectivity index (χ0n) is 60.8. The summed E-state index contributed by atoms with van der Waals surface area (Å²) in [6.45, 7) is 13.8. The maximum atomic E-state index is 14.8. The Bertz CT molecular complexity index is 3670. The van der Waals surface area contributed by atoms with Crippen LogP contribution in [0.1, 0.15) is 172 Å². The van der Waals surface area contributed by atoms with E-state index in [2.05, 4.69) is 104 Å². The van der Waals surface area contributed by atoms with Gasteiger partial charge in [-0.3, -0.25) is 24.5 Å². The van der Waals surface area contributed by atoms with E-state index in [1.807, 2.05) is 54.0 Å². The number of nitrogens with one attached hydrogen (secondary N) is 7. The molecule has 6 aromatic rings. The van der Waals surface area contributed by atoms with Gasteiger partial charge in [-0.25, -0.2) is 4.79 Å². The number of allylic oxidation sites excluding steroid dienone is 1. The molecule has 1 unspecified atom stereocenters. The minimum Gasteiger partial charge on any atom is -0.761 e. The van der Waals surface area contributed by atoms with Crippen LogP contribution in [0, 0.1) is 56.8 Å². The molecule has 18 nitrogen and oxygen atoms in total. The molecule has 7 N–H and O–H groups in total. The highest BCUT2D eigenvalue weighted by molar-refractivity contribution is 5.98. The second kappa shape index (κ2) is 36.2. The lowest BCUT2D eigenvalue weighted by molar-refractivity contribution is -0.751. The number of methoxy groups -OCH3 is 1. The molecule has 3 fully saturated rings. The van der Waals surface area contributed by atoms with Crippen molar-refractivity contribution in [1.82, 2.24) is 21.3 Å². The largest absolute Gasteiger partial charge is 0.761 e. The minimum atomic E-state index is -1.19. The van der Waals surface area contributed by atoms with Crippen LogP contribution in [0.3, 0.4) is 0 Å². The van der Waals surface area contributed by atoms with E-state index in [9.17, 15) is 34.4 Å². The molecule has 0 aliphatic heterocycles. The number of unbranched alkanes of at least 4 members (excludes halogenated alkanes) is 1. The summed E-state index contributed by atoms with van der Waals surface area (Å²) in [5.41, 5.74) is 8.85. The number of hydroxylamine groups is 1. The second-order valence-electron chi connectivity index (χ2n) is 30.0. The molecule has 6 aromatic carbocycles. The fraction of sp³-hybridized carbons (Fsp3) is 0.488. The Morgan fingerprint density at radius 1 is 0.637 bits per heavy atom. The van der Waals surface area contributed by atoms with Crippen molar-refractivity contribution >= 4 is 46.8 Å². The van der Waals surface area contributed by atoms with Crippen molar-refractivity contribution < 1.29 is 48.0 Å². The first-order chi connectivity index (χ1) is 49.3. The molecule has 0 bridgehead atoms. The fourth-order valence-electron chi connectivity index (χ4n) is 17.3. The van der Waals surface area contributed by atoms with Crippen molar-refractivity contribution in [2.45, 2.75) is 181 Å². The lowest BCUT2D eigenvalue weighted by atomic mass is 9.47. The normalized spacial score (nSPS) is 21.9. The van der Waals surface area contributed by atoms with E-state index in [1.54, 1.807) is 73.3 Å². The van der Waals surface area contributed by atoms with Crippen LogP contribution in [0.5, 0.6) is 11.5 Å². The molecule has 11 atom stereocenters. The monoisotopic (exact) mass is 1390 g/mol. The highest BCUT2D eigenvalue weighted by Crippen LogP contribution is 2.67. The van der Waals surface area contributed by atoms with Crippen LogP contribution >= 0.6 is 0 Å². The summed E-state index contributed by atoms with van der Waals surface area (Å²) < 4.78 is 22.7. The maximum absolute atomic E-state index is 14.8. The lowest BCUT2D eigenvalue weighted by Crippen LogP contribution is -2.98. The molecular formula is C84H108N7O11-. The summed E-state index contributed by atoms with van der Waals surface area (Å²) in [5.74, 6) is 3.76. The highest BCUT2D eigenvalue weighted by atomic mass is 16.7. The number of ether oxygens (including phenoxy) is 4. The average molecular weight is 1390 g/mol. The first-order valence-electron chi connectivity index (χ1n) is 37.3. The number of benzene rings is 6. The Balaban J connectivity index is 0.748. The zero-order chi connectivity index (χ0) is 72.2. The van der Waals surface area contributed by atoms with Crippen molar-refractivity contribution in [3.63, 3.8) is 0 Å². The van der Waals surface area contributed by atoms with Gasteiger partial charge < -0.3 is 61.2 Å². The van der Waals surface area contributed by atoms with Gasteiger partial charge in [0.05, 0.1) is 25.8 Å². The fourth-order valence-corrected chi connectivity index (χ4v) is 17.3. The molecule has 18 heteroatoms. The summed E-state index contributed by atoms with van der Waals surface area (Å²) in [6.07, 6.45) is 17.3. The molecule has 0 heterocycles. The van der Waals surface area contributed by atoms with Crippen molar-refractivity contribution in [3.05, 3.63) is 208 Å². The van der Waals surface area contributed by atoms with Crippen molar-refractivity contribution in [2.24, 2.45) is 46.3 Å². The van der Waals surface area contributed by atoms with Gasteiger partial charge in [-0.2, -0.15) is 0 Å². The van der Waals surface area contributed by atoms with Gasteiger partial charge in [-0.05, 0) is 206 Å². The molecular weight excluding hydrogens is 1280 g/mol. The molecule has 0 aromatic heterocycles. The van der Waals surface area contributed by atoms with Gasteiger partial charge in [-0.15, -0.1) is 0 Å². The molecule has 0 radical (unpaired) electrons. The number of amides is 4. The number of fused-ring (bicyclic) bond motifs is 5. The molecule has 546 valence electrons. The van der Waals surface area contributed by atoms with Gasteiger partial charge in [0.2, 0.25) is 23.6 Å². The Morgan fingerprint density at radius 2 is 1.29 bits per heavy atom. The Kier molecular flexibility index (Phi) is 27.0. The zero-order valence-corrected chi connectivity index (χ0v) is 60.8. The number of anilines is 2. The molecule has 4 aliphatic carbocycles. The number of rotatable bonds is 35. The number of carbonyl (C=O) groups is 5. The Labute approximate surface area is 603 Å². The van der Waals surface area contributed by atoms with Crippen molar-refractivity contribution in [1.29, 1.82) is 0 Å². The molecule has 3 saturated carbocycles. The highest BCUT2D eigenvalue weighted by Gasteiger charge is 2.59. The molecule has 0 saturated heterocycles. The summed E-state index contributed by atoms with van der Waals surface area (Å²) >= 11 is 0. The van der Waals surface area contributed by atoms with Gasteiger partial charge in [0.1, 0.15) is 35.9 Å². The molecule has 10 rings (SSSR count). The smallest absolute Gasteiger partial charge is 0.514 e. The Morgan fingerprint density at radius 3 is 1.96 bits per heavy atom. The second-order valence-corrected chi connectivity index (χ2v) is 30.0. The SMILES string of the molecule is COc1ccc(C(NCCCC[C@H](NC(=O)[C@H](Cc2ccc(N[O-])cc2)NC(=O)CCC(=O)NCCCO[C@H]2CC[C@@]3(C)C(=CC[C@H]4[C@@H]5CC[C@H]([C@H](C)CCCC(C)C)[C@@]5(C)CC[C@@H]43)C2)C(=O)Nc2ccc(COC(=O)Oc3ccc([NH+](C)[O-])cc3)cc2)(c2ccccc2)c2ccccc2)cc1. The van der Waals surface area contributed by atoms with Crippen LogP contribution in [-0.4, -0.2) is 81.8 Å².